The number of carboxylic acids is 1. The van der Waals surface area contributed by atoms with Gasteiger partial charge in [0.2, 0.25) is 11.8 Å². The third kappa shape index (κ3) is 3.80. The second-order valence-electron chi connectivity index (χ2n) is 6.55. The van der Waals surface area contributed by atoms with E-state index in [1.807, 2.05) is 0 Å². The molecule has 1 aliphatic heterocycles. The first kappa shape index (κ1) is 19.3. The highest BCUT2D eigenvalue weighted by Crippen LogP contribution is 2.30. The minimum Gasteiger partial charge on any atom is -0.495 e. The molecule has 2 aromatic rings. The van der Waals surface area contributed by atoms with Crippen LogP contribution in [0.1, 0.15) is 22.3 Å². The summed E-state index contributed by atoms with van der Waals surface area (Å²) in [7, 11) is 1.37. The van der Waals surface area contributed by atoms with Crippen LogP contribution in [0.2, 0.25) is 0 Å². The van der Waals surface area contributed by atoms with Crippen LogP contribution in [0.15, 0.2) is 36.4 Å². The molecule has 1 aliphatic rings. The van der Waals surface area contributed by atoms with Gasteiger partial charge in [-0.25, -0.2) is 9.18 Å². The SMILES string of the molecule is COc1cc(C(=O)O)ccc1NC(=O)C1CC(=O)N(c2ccc(F)c(C)c2)C1. The fraction of sp³-hybridized carbons (Fsp3) is 0.250. The zero-order chi connectivity index (χ0) is 20.4. The molecule has 1 fully saturated rings. The van der Waals surface area contributed by atoms with E-state index < -0.39 is 11.9 Å². The number of benzene rings is 2. The van der Waals surface area contributed by atoms with Crippen molar-refractivity contribution in [2.75, 3.05) is 23.9 Å². The number of aromatic carboxylic acids is 1. The average molecular weight is 386 g/mol. The highest BCUT2D eigenvalue weighted by atomic mass is 19.1. The lowest BCUT2D eigenvalue weighted by Gasteiger charge is -2.18. The molecule has 2 amide bonds. The van der Waals surface area contributed by atoms with E-state index in [2.05, 4.69) is 5.32 Å². The Morgan fingerprint density at radius 3 is 2.64 bits per heavy atom. The highest BCUT2D eigenvalue weighted by Gasteiger charge is 2.35. The second kappa shape index (κ2) is 7.67. The van der Waals surface area contributed by atoms with Gasteiger partial charge in [0.25, 0.3) is 0 Å². The third-order valence-corrected chi connectivity index (χ3v) is 4.66. The van der Waals surface area contributed by atoms with E-state index in [0.29, 0.717) is 16.9 Å². The lowest BCUT2D eigenvalue weighted by atomic mass is 10.1. The normalized spacial score (nSPS) is 16.2. The number of halogens is 1. The van der Waals surface area contributed by atoms with Crippen LogP contribution >= 0.6 is 0 Å². The summed E-state index contributed by atoms with van der Waals surface area (Å²) in [6, 6.07) is 8.48. The van der Waals surface area contributed by atoms with Crippen LogP contribution in [0.25, 0.3) is 0 Å². The van der Waals surface area contributed by atoms with E-state index in [1.165, 1.54) is 42.3 Å². The number of ether oxygens (including phenoxy) is 1. The zero-order valence-corrected chi connectivity index (χ0v) is 15.4. The molecule has 1 saturated heterocycles. The predicted molar refractivity (Wildman–Crippen MR) is 100 cm³/mol. The molecule has 8 heteroatoms. The molecule has 146 valence electrons. The number of carbonyl (C=O) groups is 3. The summed E-state index contributed by atoms with van der Waals surface area (Å²) in [4.78, 5) is 37.5. The molecule has 0 spiro atoms. The molecule has 0 aromatic heterocycles. The van der Waals surface area contributed by atoms with Crippen LogP contribution in [-0.2, 0) is 9.59 Å². The molecular formula is C20H19FN2O5. The maximum absolute atomic E-state index is 13.5. The molecule has 7 nitrogen and oxygen atoms in total. The number of nitrogens with one attached hydrogen (secondary N) is 1. The number of anilines is 2. The molecule has 1 atom stereocenters. The Balaban J connectivity index is 1.74. The molecular weight excluding hydrogens is 367 g/mol. The Morgan fingerprint density at radius 1 is 1.25 bits per heavy atom. The number of nitrogens with zero attached hydrogens (tertiary/aromatic N) is 1. The van der Waals surface area contributed by atoms with E-state index >= 15 is 0 Å². The van der Waals surface area contributed by atoms with Crippen molar-refractivity contribution in [2.45, 2.75) is 13.3 Å². The Labute approximate surface area is 160 Å². The molecule has 3 rings (SSSR count). The standard InChI is InChI=1S/C20H19FN2O5/c1-11-7-14(4-5-15(11)21)23-10-13(9-18(23)24)19(25)22-16-6-3-12(20(26)27)8-17(16)28-2/h3-8,13H,9-10H2,1-2H3,(H,22,25)(H,26,27). The Kier molecular flexibility index (Phi) is 5.30. The third-order valence-electron chi connectivity index (χ3n) is 4.66. The summed E-state index contributed by atoms with van der Waals surface area (Å²) in [6.45, 7) is 1.78. The molecule has 28 heavy (non-hydrogen) atoms. The number of hydrogen-bond donors (Lipinski definition) is 2. The van der Waals surface area contributed by atoms with Crippen molar-refractivity contribution in [2.24, 2.45) is 5.92 Å². The molecule has 0 aliphatic carbocycles. The number of rotatable bonds is 5. The number of carbonyl (C=O) groups excluding carboxylic acids is 2. The van der Waals surface area contributed by atoms with E-state index in [1.54, 1.807) is 13.0 Å². The van der Waals surface area contributed by atoms with E-state index in [0.717, 1.165) is 0 Å². The molecule has 0 radical (unpaired) electrons. The highest BCUT2D eigenvalue weighted by molar-refractivity contribution is 6.04. The van der Waals surface area contributed by atoms with Gasteiger partial charge in [0.15, 0.2) is 0 Å². The van der Waals surface area contributed by atoms with Crippen molar-refractivity contribution in [1.29, 1.82) is 0 Å². The van der Waals surface area contributed by atoms with Crippen LogP contribution in [0.3, 0.4) is 0 Å². The fourth-order valence-electron chi connectivity index (χ4n) is 3.09. The monoisotopic (exact) mass is 386 g/mol. The van der Waals surface area contributed by atoms with Crippen LogP contribution < -0.4 is 15.0 Å². The first-order valence-electron chi connectivity index (χ1n) is 8.59. The number of aryl methyl sites for hydroxylation is 1. The molecule has 0 saturated carbocycles. The van der Waals surface area contributed by atoms with Crippen LogP contribution in [0.5, 0.6) is 5.75 Å². The smallest absolute Gasteiger partial charge is 0.335 e. The zero-order valence-electron chi connectivity index (χ0n) is 15.4. The summed E-state index contributed by atoms with van der Waals surface area (Å²) < 4.78 is 18.6. The van der Waals surface area contributed by atoms with Crippen molar-refractivity contribution in [1.82, 2.24) is 0 Å². The van der Waals surface area contributed by atoms with Gasteiger partial charge in [0.05, 0.1) is 24.3 Å². The predicted octanol–water partition coefficient (Wildman–Crippen LogP) is 2.83. The maximum Gasteiger partial charge on any atom is 0.335 e. The largest absolute Gasteiger partial charge is 0.495 e. The van der Waals surface area contributed by atoms with E-state index in [-0.39, 0.29) is 41.9 Å². The molecule has 0 bridgehead atoms. The van der Waals surface area contributed by atoms with Crippen molar-refractivity contribution >= 4 is 29.2 Å². The Morgan fingerprint density at radius 2 is 2.00 bits per heavy atom. The first-order valence-corrected chi connectivity index (χ1v) is 8.59. The summed E-state index contributed by atoms with van der Waals surface area (Å²) >= 11 is 0. The van der Waals surface area contributed by atoms with Gasteiger partial charge in [-0.2, -0.15) is 0 Å². The molecule has 1 heterocycles. The maximum atomic E-state index is 13.5. The van der Waals surface area contributed by atoms with Crippen molar-refractivity contribution in [3.05, 3.63) is 53.3 Å². The molecule has 2 aromatic carbocycles. The van der Waals surface area contributed by atoms with Gasteiger partial charge >= 0.3 is 5.97 Å². The second-order valence-corrected chi connectivity index (χ2v) is 6.55. The Hall–Kier alpha value is -3.42. The summed E-state index contributed by atoms with van der Waals surface area (Å²) in [6.07, 6.45) is 0.0256. The first-order chi connectivity index (χ1) is 13.3. The van der Waals surface area contributed by atoms with E-state index in [4.69, 9.17) is 9.84 Å². The van der Waals surface area contributed by atoms with Gasteiger partial charge < -0.3 is 20.1 Å². The lowest BCUT2D eigenvalue weighted by Crippen LogP contribution is -2.28. The van der Waals surface area contributed by atoms with Gasteiger partial charge in [-0.05, 0) is 48.9 Å². The minimum absolute atomic E-state index is 0.0256. The van der Waals surface area contributed by atoms with Crippen LogP contribution in [0.4, 0.5) is 15.8 Å². The van der Waals surface area contributed by atoms with Crippen molar-refractivity contribution < 1.29 is 28.6 Å². The van der Waals surface area contributed by atoms with Gasteiger partial charge in [0, 0.05) is 18.7 Å². The summed E-state index contributed by atoms with van der Waals surface area (Å²) in [5, 5.41) is 11.7. The number of hydrogen-bond acceptors (Lipinski definition) is 4. The fourth-order valence-corrected chi connectivity index (χ4v) is 3.09. The minimum atomic E-state index is -1.11. The quantitative estimate of drug-likeness (QED) is 0.824. The van der Waals surface area contributed by atoms with Crippen LogP contribution in [-0.4, -0.2) is 36.5 Å². The van der Waals surface area contributed by atoms with Gasteiger partial charge in [-0.1, -0.05) is 0 Å². The van der Waals surface area contributed by atoms with Crippen molar-refractivity contribution in [3.63, 3.8) is 0 Å². The molecule has 2 N–H and O–H groups in total. The topological polar surface area (TPSA) is 95.9 Å². The van der Waals surface area contributed by atoms with E-state index in [9.17, 15) is 18.8 Å². The summed E-state index contributed by atoms with van der Waals surface area (Å²) in [5.74, 6) is -2.45. The van der Waals surface area contributed by atoms with Gasteiger partial charge in [-0.3, -0.25) is 9.59 Å². The summed E-state index contributed by atoms with van der Waals surface area (Å²) in [5.41, 5.74) is 1.31. The van der Waals surface area contributed by atoms with Gasteiger partial charge in [0.1, 0.15) is 11.6 Å². The lowest BCUT2D eigenvalue weighted by molar-refractivity contribution is -0.122. The van der Waals surface area contributed by atoms with Crippen LogP contribution in [0, 0.1) is 18.7 Å². The number of carboxylic acid groups (broad SMARTS) is 1. The Bertz CT molecular complexity index is 960. The molecule has 1 unspecified atom stereocenters. The van der Waals surface area contributed by atoms with Crippen molar-refractivity contribution in [3.8, 4) is 5.75 Å². The number of amides is 2. The van der Waals surface area contributed by atoms with Gasteiger partial charge in [-0.15, -0.1) is 0 Å². The average Bonchev–Trinajstić information content (AvgIpc) is 3.06. The number of methoxy groups -OCH3 is 1.